The quantitative estimate of drug-likeness (QED) is 0.795. The largest absolute Gasteiger partial charge is 0.376 e. The van der Waals surface area contributed by atoms with Gasteiger partial charge in [0.2, 0.25) is 0 Å². The first-order valence-corrected chi connectivity index (χ1v) is 6.76. The van der Waals surface area contributed by atoms with Crippen LogP contribution >= 0.6 is 15.9 Å². The van der Waals surface area contributed by atoms with E-state index in [4.69, 9.17) is 4.74 Å². The lowest BCUT2D eigenvalue weighted by Crippen LogP contribution is -2.29. The molecule has 0 radical (unpaired) electrons. The van der Waals surface area contributed by atoms with Crippen molar-refractivity contribution in [3.05, 3.63) is 23.9 Å². The molecule has 0 N–H and O–H groups in total. The minimum Gasteiger partial charge on any atom is -0.376 e. The van der Waals surface area contributed by atoms with Gasteiger partial charge in [0.1, 0.15) is 5.82 Å². The number of hydrogen-bond acceptors (Lipinski definition) is 3. The number of anilines is 1. The van der Waals surface area contributed by atoms with Crippen molar-refractivity contribution >= 4 is 21.7 Å². The Morgan fingerprint density at radius 1 is 1.62 bits per heavy atom. The number of hydrogen-bond donors (Lipinski definition) is 0. The van der Waals surface area contributed by atoms with Gasteiger partial charge in [-0.05, 0) is 18.9 Å². The molecule has 1 saturated heterocycles. The first-order valence-electron chi connectivity index (χ1n) is 5.64. The molecule has 1 aromatic rings. The maximum atomic E-state index is 5.64. The second kappa shape index (κ2) is 5.64. The van der Waals surface area contributed by atoms with Gasteiger partial charge >= 0.3 is 0 Å². The molecule has 16 heavy (non-hydrogen) atoms. The van der Waals surface area contributed by atoms with E-state index in [1.165, 1.54) is 18.4 Å². The molecule has 1 aliphatic heterocycles. The summed E-state index contributed by atoms with van der Waals surface area (Å²) < 4.78 is 5.64. The normalized spacial score (nSPS) is 20.0. The molecule has 4 heteroatoms. The third-order valence-corrected chi connectivity index (χ3v) is 3.48. The van der Waals surface area contributed by atoms with Crippen LogP contribution in [0, 0.1) is 0 Å². The van der Waals surface area contributed by atoms with Crippen LogP contribution in [0.2, 0.25) is 0 Å². The Morgan fingerprint density at radius 2 is 2.50 bits per heavy atom. The van der Waals surface area contributed by atoms with Crippen LogP contribution in [-0.4, -0.2) is 31.3 Å². The molecule has 1 fully saturated rings. The topological polar surface area (TPSA) is 25.4 Å². The monoisotopic (exact) mass is 284 g/mol. The minimum absolute atomic E-state index is 0.371. The molecular formula is C12H17BrN2O. The second-order valence-electron chi connectivity index (χ2n) is 4.14. The number of pyridine rings is 1. The summed E-state index contributed by atoms with van der Waals surface area (Å²) in [6, 6.07) is 4.07. The molecule has 2 heterocycles. The van der Waals surface area contributed by atoms with Crippen LogP contribution in [0.3, 0.4) is 0 Å². The van der Waals surface area contributed by atoms with E-state index in [0.29, 0.717) is 6.10 Å². The van der Waals surface area contributed by atoms with Gasteiger partial charge in [0.15, 0.2) is 0 Å². The van der Waals surface area contributed by atoms with Crippen LogP contribution in [0.15, 0.2) is 18.3 Å². The lowest BCUT2D eigenvalue weighted by molar-refractivity contribution is 0.116. The SMILES string of the molecule is CN(CC1CCCO1)c1ncccc1CBr. The van der Waals surface area contributed by atoms with Crippen molar-refractivity contribution in [2.45, 2.75) is 24.3 Å². The van der Waals surface area contributed by atoms with Crippen LogP contribution in [0.25, 0.3) is 0 Å². The van der Waals surface area contributed by atoms with Crippen LogP contribution in [-0.2, 0) is 10.1 Å². The molecule has 0 spiro atoms. The second-order valence-corrected chi connectivity index (χ2v) is 4.70. The number of aromatic nitrogens is 1. The number of likely N-dealkylation sites (N-methyl/N-ethyl adjacent to an activating group) is 1. The lowest BCUT2D eigenvalue weighted by atomic mass is 10.2. The molecule has 1 aliphatic rings. The number of nitrogens with zero attached hydrogens (tertiary/aromatic N) is 2. The summed E-state index contributed by atoms with van der Waals surface area (Å²) in [5, 5.41) is 0.839. The highest BCUT2D eigenvalue weighted by molar-refractivity contribution is 9.08. The van der Waals surface area contributed by atoms with E-state index >= 15 is 0 Å². The molecule has 2 rings (SSSR count). The van der Waals surface area contributed by atoms with E-state index in [1.54, 1.807) is 0 Å². The minimum atomic E-state index is 0.371. The first-order chi connectivity index (χ1) is 7.81. The van der Waals surface area contributed by atoms with Gasteiger partial charge in [0, 0.05) is 37.3 Å². The first kappa shape index (κ1) is 11.9. The van der Waals surface area contributed by atoms with E-state index in [0.717, 1.165) is 24.3 Å². The Kier molecular flexibility index (Phi) is 4.18. The third-order valence-electron chi connectivity index (χ3n) is 2.87. The summed E-state index contributed by atoms with van der Waals surface area (Å²) in [7, 11) is 2.08. The fourth-order valence-corrected chi connectivity index (χ4v) is 2.50. The predicted molar refractivity (Wildman–Crippen MR) is 69.1 cm³/mol. The molecule has 0 saturated carbocycles. The summed E-state index contributed by atoms with van der Waals surface area (Å²) in [6.45, 7) is 1.84. The van der Waals surface area contributed by atoms with Crippen molar-refractivity contribution in [3.63, 3.8) is 0 Å². The molecule has 1 atom stereocenters. The lowest BCUT2D eigenvalue weighted by Gasteiger charge is -2.23. The molecular weight excluding hydrogens is 268 g/mol. The zero-order valence-electron chi connectivity index (χ0n) is 9.53. The van der Waals surface area contributed by atoms with E-state index in [9.17, 15) is 0 Å². The van der Waals surface area contributed by atoms with Crippen molar-refractivity contribution in [1.82, 2.24) is 4.98 Å². The fraction of sp³-hybridized carbons (Fsp3) is 0.583. The highest BCUT2D eigenvalue weighted by Gasteiger charge is 2.18. The van der Waals surface area contributed by atoms with Gasteiger partial charge < -0.3 is 9.64 Å². The predicted octanol–water partition coefficient (Wildman–Crippen LogP) is 2.59. The number of alkyl halides is 1. The molecule has 1 unspecified atom stereocenters. The van der Waals surface area contributed by atoms with E-state index in [1.807, 2.05) is 12.3 Å². The van der Waals surface area contributed by atoms with Gasteiger partial charge in [-0.1, -0.05) is 22.0 Å². The van der Waals surface area contributed by atoms with Crippen molar-refractivity contribution in [2.75, 3.05) is 25.1 Å². The smallest absolute Gasteiger partial charge is 0.132 e. The van der Waals surface area contributed by atoms with Crippen molar-refractivity contribution in [3.8, 4) is 0 Å². The Balaban J connectivity index is 2.04. The van der Waals surface area contributed by atoms with Crippen molar-refractivity contribution in [1.29, 1.82) is 0 Å². The van der Waals surface area contributed by atoms with Gasteiger partial charge in [-0.15, -0.1) is 0 Å². The summed E-state index contributed by atoms with van der Waals surface area (Å²) >= 11 is 3.49. The molecule has 0 aliphatic carbocycles. The zero-order chi connectivity index (χ0) is 11.4. The average Bonchev–Trinajstić information content (AvgIpc) is 2.81. The molecule has 88 valence electrons. The Bertz CT molecular complexity index is 340. The molecule has 0 amide bonds. The Hall–Kier alpha value is -0.610. The average molecular weight is 285 g/mol. The molecule has 1 aromatic heterocycles. The van der Waals surface area contributed by atoms with Gasteiger partial charge in [0.25, 0.3) is 0 Å². The van der Waals surface area contributed by atoms with Crippen LogP contribution in [0.1, 0.15) is 18.4 Å². The number of ether oxygens (including phenoxy) is 1. The molecule has 0 aromatic carbocycles. The van der Waals surface area contributed by atoms with Crippen LogP contribution in [0.5, 0.6) is 0 Å². The van der Waals surface area contributed by atoms with Crippen molar-refractivity contribution in [2.24, 2.45) is 0 Å². The summed E-state index contributed by atoms with van der Waals surface area (Å²) in [5.74, 6) is 1.05. The highest BCUT2D eigenvalue weighted by Crippen LogP contribution is 2.21. The fourth-order valence-electron chi connectivity index (χ4n) is 2.06. The van der Waals surface area contributed by atoms with Crippen LogP contribution in [0.4, 0.5) is 5.82 Å². The maximum absolute atomic E-state index is 5.64. The molecule has 3 nitrogen and oxygen atoms in total. The standard InChI is InChI=1S/C12H17BrN2O/c1-15(9-11-5-3-7-16-11)12-10(8-13)4-2-6-14-12/h2,4,6,11H,3,5,7-9H2,1H3. The Morgan fingerprint density at radius 3 is 3.19 bits per heavy atom. The van der Waals surface area contributed by atoms with Gasteiger partial charge in [-0.2, -0.15) is 0 Å². The van der Waals surface area contributed by atoms with E-state index < -0.39 is 0 Å². The highest BCUT2D eigenvalue weighted by atomic mass is 79.9. The number of rotatable bonds is 4. The van der Waals surface area contributed by atoms with Crippen molar-refractivity contribution < 1.29 is 4.74 Å². The summed E-state index contributed by atoms with van der Waals surface area (Å²) in [4.78, 5) is 6.62. The summed E-state index contributed by atoms with van der Waals surface area (Å²) in [6.07, 6.45) is 4.57. The van der Waals surface area contributed by atoms with Crippen LogP contribution < -0.4 is 4.90 Å². The maximum Gasteiger partial charge on any atom is 0.132 e. The van der Waals surface area contributed by atoms with Gasteiger partial charge in [0.05, 0.1) is 6.10 Å². The van der Waals surface area contributed by atoms with E-state index in [2.05, 4.69) is 38.9 Å². The van der Waals surface area contributed by atoms with E-state index in [-0.39, 0.29) is 0 Å². The number of halogens is 1. The van der Waals surface area contributed by atoms with Gasteiger partial charge in [-0.3, -0.25) is 0 Å². The van der Waals surface area contributed by atoms with Gasteiger partial charge in [-0.25, -0.2) is 4.98 Å². The zero-order valence-corrected chi connectivity index (χ0v) is 11.1. The molecule has 0 bridgehead atoms. The summed E-state index contributed by atoms with van der Waals surface area (Å²) in [5.41, 5.74) is 1.22. The Labute approximate surface area is 105 Å². The third kappa shape index (κ3) is 2.74.